The zero-order valence-corrected chi connectivity index (χ0v) is 9.71. The van der Waals surface area contributed by atoms with Gasteiger partial charge in [0.25, 0.3) is 0 Å². The molecule has 0 atom stereocenters. The molecule has 0 aromatic rings. The van der Waals surface area contributed by atoms with Crippen molar-refractivity contribution in [3.63, 3.8) is 0 Å². The zero-order chi connectivity index (χ0) is 4.50. The van der Waals surface area contributed by atoms with Crippen LogP contribution in [0, 0.1) is 0 Å². The van der Waals surface area contributed by atoms with E-state index >= 15 is 0 Å². The molecule has 0 spiro atoms. The standard InChI is InChI=1S/2Na.H2O4Si.H2O/c;;1-5(2,3)4;/h;;1-2H;1H2/q2*+1;-2;. The Morgan fingerprint density at radius 3 is 1.00 bits per heavy atom. The molecule has 40 valence electrons. The Bertz CT molecular complexity index is 25.9. The second-order valence-electron chi connectivity index (χ2n) is 0.548. The minimum absolute atomic E-state index is 0. The summed E-state index contributed by atoms with van der Waals surface area (Å²) in [7, 11) is -5.11. The van der Waals surface area contributed by atoms with Crippen LogP contribution in [0.25, 0.3) is 0 Å². The average Bonchev–Trinajstić information content (AvgIpc) is 0.722. The fraction of sp³-hybridized carbons (Fsp3) is 0. The molecule has 8 heteroatoms. The van der Waals surface area contributed by atoms with Crippen molar-refractivity contribution in [3.05, 3.63) is 0 Å². The summed E-state index contributed by atoms with van der Waals surface area (Å²) < 4.78 is 0. The normalized spacial score (nSPS) is 7.50. The third-order valence-electron chi connectivity index (χ3n) is 0. The van der Waals surface area contributed by atoms with Gasteiger partial charge in [0.05, 0.1) is 0 Å². The van der Waals surface area contributed by atoms with Gasteiger partial charge in [0, 0.05) is 0 Å². The Labute approximate surface area is 91.7 Å². The quantitative estimate of drug-likeness (QED) is 0.340. The van der Waals surface area contributed by atoms with Crippen LogP contribution in [-0.4, -0.2) is 24.1 Å². The summed E-state index contributed by atoms with van der Waals surface area (Å²) >= 11 is 0. The summed E-state index contributed by atoms with van der Waals surface area (Å²) in [5, 5.41) is 0. The van der Waals surface area contributed by atoms with Gasteiger partial charge in [-0.3, -0.25) is 0 Å². The Morgan fingerprint density at radius 2 is 1.00 bits per heavy atom. The van der Waals surface area contributed by atoms with Gasteiger partial charge in [-0.15, -0.1) is 0 Å². The van der Waals surface area contributed by atoms with E-state index in [1.807, 2.05) is 0 Å². The Hall–Kier alpha value is 2.02. The van der Waals surface area contributed by atoms with Crippen molar-refractivity contribution in [1.29, 1.82) is 0 Å². The molecule has 0 heterocycles. The number of hydrogen-bond donors (Lipinski definition) is 2. The van der Waals surface area contributed by atoms with Crippen molar-refractivity contribution in [2.75, 3.05) is 0 Å². The van der Waals surface area contributed by atoms with E-state index in [1.54, 1.807) is 0 Å². The van der Waals surface area contributed by atoms with Gasteiger partial charge in [-0.1, -0.05) is 0 Å². The van der Waals surface area contributed by atoms with Crippen molar-refractivity contribution in [2.24, 2.45) is 0 Å². The van der Waals surface area contributed by atoms with Crippen LogP contribution in [0.15, 0.2) is 0 Å². The van der Waals surface area contributed by atoms with E-state index in [9.17, 15) is 0 Å². The first-order valence-electron chi connectivity index (χ1n) is 0.855. The van der Waals surface area contributed by atoms with Crippen LogP contribution >= 0.6 is 0 Å². The van der Waals surface area contributed by atoms with Gasteiger partial charge in [-0.05, 0) is 0 Å². The molecule has 0 fully saturated rings. The molecule has 0 aromatic heterocycles. The van der Waals surface area contributed by atoms with E-state index < -0.39 is 9.05 Å². The molecule has 4 N–H and O–H groups in total. The molecule has 0 bridgehead atoms. The van der Waals surface area contributed by atoms with E-state index in [0.717, 1.165) is 0 Å². The van der Waals surface area contributed by atoms with E-state index in [2.05, 4.69) is 0 Å². The molecular formula is H4Na2O5Si. The Balaban J connectivity index is -0.0000000267. The first kappa shape index (κ1) is 22.5. The monoisotopic (exact) mass is 158 g/mol. The Kier molecular flexibility index (Phi) is 25.4. The van der Waals surface area contributed by atoms with E-state index in [-0.39, 0.29) is 64.6 Å². The van der Waals surface area contributed by atoms with Crippen LogP contribution in [-0.2, 0) is 0 Å². The van der Waals surface area contributed by atoms with Crippen molar-refractivity contribution < 1.29 is 83.8 Å². The third-order valence-corrected chi connectivity index (χ3v) is 0. The van der Waals surface area contributed by atoms with Gasteiger partial charge >= 0.3 is 59.1 Å². The smallest absolute Gasteiger partial charge is 0.828 e. The molecule has 8 heavy (non-hydrogen) atoms. The third kappa shape index (κ3) is 97.0. The van der Waals surface area contributed by atoms with Crippen LogP contribution < -0.4 is 68.7 Å². The topological polar surface area (TPSA) is 118 Å². The predicted octanol–water partition coefficient (Wildman–Crippen LogP) is -10.7. The summed E-state index contributed by atoms with van der Waals surface area (Å²) in [6, 6.07) is 0. The SMILES string of the molecule is O.[Na+].[Na+].[O-][Si]([O-])(O)O. The molecule has 0 saturated carbocycles. The molecule has 0 rings (SSSR count). The summed E-state index contributed by atoms with van der Waals surface area (Å²) in [5.74, 6) is 0. The molecule has 5 nitrogen and oxygen atoms in total. The van der Waals surface area contributed by atoms with Crippen LogP contribution in [0.3, 0.4) is 0 Å². The van der Waals surface area contributed by atoms with Crippen LogP contribution in [0.5, 0.6) is 0 Å². The zero-order valence-electron chi connectivity index (χ0n) is 4.71. The first-order chi connectivity index (χ1) is 2.00. The van der Waals surface area contributed by atoms with E-state index in [4.69, 9.17) is 19.2 Å². The minimum atomic E-state index is -5.11. The first-order valence-corrected chi connectivity index (χ1v) is 2.57. The Morgan fingerprint density at radius 1 is 1.00 bits per heavy atom. The summed E-state index contributed by atoms with van der Waals surface area (Å²) in [4.78, 5) is 31.8. The minimum Gasteiger partial charge on any atom is -0.828 e. The molecular weight excluding hydrogens is 154 g/mol. The van der Waals surface area contributed by atoms with Gasteiger partial charge < -0.3 is 24.7 Å². The predicted molar refractivity (Wildman–Crippen MR) is 13.8 cm³/mol. The van der Waals surface area contributed by atoms with E-state index in [1.165, 1.54) is 0 Å². The summed E-state index contributed by atoms with van der Waals surface area (Å²) in [5.41, 5.74) is 0. The molecule has 0 saturated heterocycles. The van der Waals surface area contributed by atoms with Crippen molar-refractivity contribution >= 4 is 9.05 Å². The average molecular weight is 158 g/mol. The molecule has 0 aliphatic carbocycles. The fourth-order valence-electron chi connectivity index (χ4n) is 0. The van der Waals surface area contributed by atoms with Gasteiger partial charge in [-0.25, -0.2) is 0 Å². The molecule has 0 aliphatic rings. The molecule has 0 aliphatic heterocycles. The van der Waals surface area contributed by atoms with Gasteiger partial charge in [-0.2, -0.15) is 0 Å². The van der Waals surface area contributed by atoms with E-state index in [0.29, 0.717) is 0 Å². The second kappa shape index (κ2) is 9.02. The molecule has 0 amide bonds. The van der Waals surface area contributed by atoms with Crippen molar-refractivity contribution in [1.82, 2.24) is 0 Å². The molecule has 0 aromatic carbocycles. The fourth-order valence-corrected chi connectivity index (χ4v) is 0. The van der Waals surface area contributed by atoms with Gasteiger partial charge in [0.1, 0.15) is 9.05 Å². The molecule has 0 radical (unpaired) electrons. The van der Waals surface area contributed by atoms with Gasteiger partial charge in [0.2, 0.25) is 0 Å². The van der Waals surface area contributed by atoms with Crippen LogP contribution in [0.2, 0.25) is 0 Å². The van der Waals surface area contributed by atoms with Crippen LogP contribution in [0.1, 0.15) is 0 Å². The van der Waals surface area contributed by atoms with Crippen LogP contribution in [0.4, 0.5) is 0 Å². The number of hydrogen-bond acceptors (Lipinski definition) is 4. The second-order valence-corrected chi connectivity index (χ2v) is 1.65. The van der Waals surface area contributed by atoms with Crippen molar-refractivity contribution in [2.45, 2.75) is 0 Å². The molecule has 0 unspecified atom stereocenters. The number of rotatable bonds is 0. The largest absolute Gasteiger partial charge is 1.00 e. The summed E-state index contributed by atoms with van der Waals surface area (Å²) in [6.07, 6.45) is 0. The maximum atomic E-state index is 8.80. The summed E-state index contributed by atoms with van der Waals surface area (Å²) in [6.45, 7) is 0. The maximum Gasteiger partial charge on any atom is 1.00 e. The van der Waals surface area contributed by atoms with Gasteiger partial charge in [0.15, 0.2) is 0 Å². The van der Waals surface area contributed by atoms with Crippen molar-refractivity contribution in [3.8, 4) is 0 Å². The maximum absolute atomic E-state index is 8.80.